The summed E-state index contributed by atoms with van der Waals surface area (Å²) in [6, 6.07) is 3.94. The van der Waals surface area contributed by atoms with Crippen LogP contribution in [0.15, 0.2) is 24.5 Å². The number of ether oxygens (including phenoxy) is 1. The summed E-state index contributed by atoms with van der Waals surface area (Å²) in [5.74, 6) is 0. The van der Waals surface area contributed by atoms with Gasteiger partial charge in [-0.25, -0.2) is 0 Å². The molecule has 2 rings (SSSR count). The zero-order valence-corrected chi connectivity index (χ0v) is 7.97. The van der Waals surface area contributed by atoms with Gasteiger partial charge in [-0.2, -0.15) is 0 Å². The SMILES string of the molecule is OCC1CN(c2cccnc2)CCO1. The van der Waals surface area contributed by atoms with Gasteiger partial charge in [0.2, 0.25) is 0 Å². The predicted molar refractivity (Wildman–Crippen MR) is 53.3 cm³/mol. The second kappa shape index (κ2) is 4.39. The number of anilines is 1. The van der Waals surface area contributed by atoms with Crippen molar-refractivity contribution in [3.8, 4) is 0 Å². The van der Waals surface area contributed by atoms with E-state index >= 15 is 0 Å². The Bertz CT molecular complexity index is 279. The Kier molecular flexibility index (Phi) is 2.96. The van der Waals surface area contributed by atoms with Crippen molar-refractivity contribution >= 4 is 5.69 Å². The summed E-state index contributed by atoms with van der Waals surface area (Å²) in [5.41, 5.74) is 1.09. The van der Waals surface area contributed by atoms with Crippen LogP contribution in [-0.4, -0.2) is 42.5 Å². The third-order valence-electron chi connectivity index (χ3n) is 2.35. The van der Waals surface area contributed by atoms with E-state index in [-0.39, 0.29) is 12.7 Å². The number of aromatic nitrogens is 1. The van der Waals surface area contributed by atoms with Crippen LogP contribution in [0.1, 0.15) is 0 Å². The Morgan fingerprint density at radius 2 is 2.57 bits per heavy atom. The van der Waals surface area contributed by atoms with Crippen LogP contribution >= 0.6 is 0 Å². The van der Waals surface area contributed by atoms with Crippen LogP contribution in [0.2, 0.25) is 0 Å². The summed E-state index contributed by atoms with van der Waals surface area (Å²) in [6.45, 7) is 2.35. The molecule has 14 heavy (non-hydrogen) atoms. The van der Waals surface area contributed by atoms with Crippen LogP contribution < -0.4 is 4.90 Å². The van der Waals surface area contributed by atoms with Crippen LogP contribution in [0.4, 0.5) is 5.69 Å². The van der Waals surface area contributed by atoms with E-state index in [0.29, 0.717) is 6.61 Å². The van der Waals surface area contributed by atoms with Gasteiger partial charge in [-0.05, 0) is 12.1 Å². The third-order valence-corrected chi connectivity index (χ3v) is 2.35. The molecule has 0 aromatic carbocycles. The highest BCUT2D eigenvalue weighted by atomic mass is 16.5. The average molecular weight is 194 g/mol. The van der Waals surface area contributed by atoms with Crippen molar-refractivity contribution in [2.24, 2.45) is 0 Å². The van der Waals surface area contributed by atoms with Gasteiger partial charge in [-0.1, -0.05) is 0 Å². The second-order valence-electron chi connectivity index (χ2n) is 3.33. The van der Waals surface area contributed by atoms with Gasteiger partial charge in [0.15, 0.2) is 0 Å². The third kappa shape index (κ3) is 2.02. The van der Waals surface area contributed by atoms with Gasteiger partial charge in [-0.15, -0.1) is 0 Å². The lowest BCUT2D eigenvalue weighted by Gasteiger charge is -2.33. The van der Waals surface area contributed by atoms with Gasteiger partial charge in [0.1, 0.15) is 0 Å². The molecular weight excluding hydrogens is 180 g/mol. The Hall–Kier alpha value is -1.13. The van der Waals surface area contributed by atoms with E-state index < -0.39 is 0 Å². The highest BCUT2D eigenvalue weighted by molar-refractivity contribution is 5.44. The summed E-state index contributed by atoms with van der Waals surface area (Å²) in [7, 11) is 0. The molecule has 0 saturated carbocycles. The van der Waals surface area contributed by atoms with Crippen LogP contribution in [0.25, 0.3) is 0 Å². The van der Waals surface area contributed by atoms with E-state index in [9.17, 15) is 0 Å². The van der Waals surface area contributed by atoms with E-state index in [4.69, 9.17) is 9.84 Å². The number of pyridine rings is 1. The minimum atomic E-state index is -0.0658. The van der Waals surface area contributed by atoms with Crippen LogP contribution in [0.3, 0.4) is 0 Å². The number of aliphatic hydroxyl groups is 1. The summed E-state index contributed by atoms with van der Waals surface area (Å²) in [6.07, 6.45) is 3.52. The van der Waals surface area contributed by atoms with Crippen molar-refractivity contribution in [3.63, 3.8) is 0 Å². The van der Waals surface area contributed by atoms with Crippen molar-refractivity contribution in [1.29, 1.82) is 0 Å². The molecule has 4 nitrogen and oxygen atoms in total. The van der Waals surface area contributed by atoms with Crippen molar-refractivity contribution in [2.45, 2.75) is 6.10 Å². The molecule has 0 amide bonds. The zero-order chi connectivity index (χ0) is 9.80. The first kappa shape index (κ1) is 9.43. The lowest BCUT2D eigenvalue weighted by atomic mass is 10.2. The number of rotatable bonds is 2. The molecule has 1 saturated heterocycles. The molecule has 0 aliphatic carbocycles. The van der Waals surface area contributed by atoms with Crippen molar-refractivity contribution in [2.75, 3.05) is 31.2 Å². The summed E-state index contributed by atoms with van der Waals surface area (Å²) < 4.78 is 5.37. The fourth-order valence-corrected chi connectivity index (χ4v) is 1.61. The fraction of sp³-hybridized carbons (Fsp3) is 0.500. The lowest BCUT2D eigenvalue weighted by Crippen LogP contribution is -2.44. The fourth-order valence-electron chi connectivity index (χ4n) is 1.61. The number of nitrogens with zero attached hydrogens (tertiary/aromatic N) is 2. The molecule has 76 valence electrons. The monoisotopic (exact) mass is 194 g/mol. The maximum atomic E-state index is 8.99. The topological polar surface area (TPSA) is 45.6 Å². The standard InChI is InChI=1S/C10H14N2O2/c13-8-10-7-12(4-5-14-10)9-2-1-3-11-6-9/h1-3,6,10,13H,4-5,7-8H2. The number of aliphatic hydroxyl groups excluding tert-OH is 1. The molecule has 0 radical (unpaired) electrons. The van der Waals surface area contributed by atoms with E-state index in [1.165, 1.54) is 0 Å². The van der Waals surface area contributed by atoms with Gasteiger partial charge in [0, 0.05) is 19.3 Å². The molecule has 1 fully saturated rings. The van der Waals surface area contributed by atoms with Gasteiger partial charge in [0.05, 0.1) is 31.2 Å². The predicted octanol–water partition coefficient (Wildman–Crippen LogP) is 0.279. The first-order valence-electron chi connectivity index (χ1n) is 4.77. The van der Waals surface area contributed by atoms with E-state index in [1.54, 1.807) is 6.20 Å². The van der Waals surface area contributed by atoms with Crippen molar-refractivity contribution in [1.82, 2.24) is 4.98 Å². The molecule has 1 unspecified atom stereocenters. The number of hydrogen-bond acceptors (Lipinski definition) is 4. The quantitative estimate of drug-likeness (QED) is 0.734. The molecule has 0 spiro atoms. The smallest absolute Gasteiger partial charge is 0.0980 e. The summed E-state index contributed by atoms with van der Waals surface area (Å²) in [4.78, 5) is 6.24. The maximum absolute atomic E-state index is 8.99. The van der Waals surface area contributed by atoms with E-state index in [0.717, 1.165) is 18.8 Å². The summed E-state index contributed by atoms with van der Waals surface area (Å²) >= 11 is 0. The maximum Gasteiger partial charge on any atom is 0.0980 e. The largest absolute Gasteiger partial charge is 0.394 e. The molecule has 1 N–H and O–H groups in total. The van der Waals surface area contributed by atoms with Gasteiger partial charge < -0.3 is 14.7 Å². The van der Waals surface area contributed by atoms with Crippen LogP contribution in [0.5, 0.6) is 0 Å². The number of hydrogen-bond donors (Lipinski definition) is 1. The molecule has 1 aromatic heterocycles. The van der Waals surface area contributed by atoms with Gasteiger partial charge in [0.25, 0.3) is 0 Å². The molecular formula is C10H14N2O2. The van der Waals surface area contributed by atoms with Gasteiger partial charge >= 0.3 is 0 Å². The molecule has 1 aliphatic rings. The number of morpholine rings is 1. The first-order chi connectivity index (χ1) is 6.90. The zero-order valence-electron chi connectivity index (χ0n) is 7.97. The Morgan fingerprint density at radius 1 is 1.64 bits per heavy atom. The summed E-state index contributed by atoms with van der Waals surface area (Å²) in [5, 5.41) is 8.99. The van der Waals surface area contributed by atoms with Crippen molar-refractivity contribution < 1.29 is 9.84 Å². The van der Waals surface area contributed by atoms with E-state index in [1.807, 2.05) is 18.3 Å². The average Bonchev–Trinajstić information content (AvgIpc) is 2.30. The van der Waals surface area contributed by atoms with Gasteiger partial charge in [-0.3, -0.25) is 4.98 Å². The normalized spacial score (nSPS) is 22.4. The highest BCUT2D eigenvalue weighted by Gasteiger charge is 2.19. The minimum absolute atomic E-state index is 0.0658. The van der Waals surface area contributed by atoms with Crippen LogP contribution in [0, 0.1) is 0 Å². The molecule has 4 heteroatoms. The highest BCUT2D eigenvalue weighted by Crippen LogP contribution is 2.15. The molecule has 1 atom stereocenters. The molecule has 1 aromatic rings. The minimum Gasteiger partial charge on any atom is -0.394 e. The van der Waals surface area contributed by atoms with Crippen LogP contribution in [-0.2, 0) is 4.74 Å². The van der Waals surface area contributed by atoms with E-state index in [2.05, 4.69) is 9.88 Å². The second-order valence-corrected chi connectivity index (χ2v) is 3.33. The molecule has 2 heterocycles. The molecule has 0 bridgehead atoms. The van der Waals surface area contributed by atoms with Crippen molar-refractivity contribution in [3.05, 3.63) is 24.5 Å². The lowest BCUT2D eigenvalue weighted by molar-refractivity contribution is 0.00355. The first-order valence-corrected chi connectivity index (χ1v) is 4.77. The Morgan fingerprint density at radius 3 is 3.29 bits per heavy atom. The Labute approximate surface area is 83.1 Å². The Balaban J connectivity index is 2.04. The molecule has 1 aliphatic heterocycles.